The maximum absolute atomic E-state index is 11.8. The van der Waals surface area contributed by atoms with E-state index in [9.17, 15) is 4.79 Å². The molecule has 1 aliphatic heterocycles. The predicted octanol–water partition coefficient (Wildman–Crippen LogP) is 5.54. The van der Waals surface area contributed by atoms with Crippen molar-refractivity contribution in [3.8, 4) is 17.0 Å². The second kappa shape index (κ2) is 9.65. The zero-order chi connectivity index (χ0) is 23.5. The summed E-state index contributed by atoms with van der Waals surface area (Å²) in [5.74, 6) is 0.930. The van der Waals surface area contributed by atoms with Crippen LogP contribution in [-0.2, 0) is 17.8 Å². The molecule has 0 unspecified atom stereocenters. The first-order valence-corrected chi connectivity index (χ1v) is 12.3. The van der Waals surface area contributed by atoms with Crippen LogP contribution in [0.2, 0.25) is 0 Å². The van der Waals surface area contributed by atoms with Gasteiger partial charge in [0.2, 0.25) is 0 Å². The van der Waals surface area contributed by atoms with Crippen LogP contribution in [0.1, 0.15) is 31.0 Å². The number of nitrogens with zero attached hydrogens (tertiary/aromatic N) is 3. The Morgan fingerprint density at radius 1 is 1.15 bits per heavy atom. The molecule has 6 nitrogen and oxygen atoms in total. The number of aryl methyl sites for hydroxylation is 1. The van der Waals surface area contributed by atoms with Crippen molar-refractivity contribution in [1.82, 2.24) is 9.55 Å². The number of pyridine rings is 1. The van der Waals surface area contributed by atoms with E-state index in [1.807, 2.05) is 48.7 Å². The van der Waals surface area contributed by atoms with Crippen LogP contribution in [0.5, 0.6) is 5.75 Å². The smallest absolute Gasteiger partial charge is 0.262 e. The molecule has 2 aromatic heterocycles. The van der Waals surface area contributed by atoms with E-state index in [0.717, 1.165) is 40.4 Å². The van der Waals surface area contributed by atoms with E-state index in [-0.39, 0.29) is 12.5 Å². The normalized spacial score (nSPS) is 13.5. The van der Waals surface area contributed by atoms with Crippen LogP contribution in [0.4, 0.5) is 11.4 Å². The van der Waals surface area contributed by atoms with Gasteiger partial charge in [0, 0.05) is 35.8 Å². The van der Waals surface area contributed by atoms with Crippen molar-refractivity contribution < 1.29 is 9.53 Å². The lowest BCUT2D eigenvalue weighted by Crippen LogP contribution is -2.25. The van der Waals surface area contributed by atoms with E-state index in [0.29, 0.717) is 17.4 Å². The van der Waals surface area contributed by atoms with E-state index in [1.165, 1.54) is 5.56 Å². The van der Waals surface area contributed by atoms with Gasteiger partial charge in [-0.3, -0.25) is 9.78 Å². The molecule has 0 radical (unpaired) electrons. The third-order valence-corrected chi connectivity index (χ3v) is 6.66. The molecule has 4 aromatic rings. The van der Waals surface area contributed by atoms with Gasteiger partial charge >= 0.3 is 0 Å². The summed E-state index contributed by atoms with van der Waals surface area (Å²) in [4.78, 5) is 22.3. The highest BCUT2D eigenvalue weighted by Gasteiger charge is 2.18. The lowest BCUT2D eigenvalue weighted by Gasteiger charge is -2.19. The third kappa shape index (κ3) is 4.65. The lowest BCUT2D eigenvalue weighted by atomic mass is 10.0. The molecule has 1 amide bonds. The molecule has 3 heterocycles. The molecule has 0 bridgehead atoms. The number of hydrogen-bond donors (Lipinski definition) is 1. The Morgan fingerprint density at radius 2 is 2.00 bits per heavy atom. The Kier molecular flexibility index (Phi) is 6.27. The molecule has 34 heavy (non-hydrogen) atoms. The molecule has 0 atom stereocenters. The third-order valence-electron chi connectivity index (χ3n) is 5.80. The van der Waals surface area contributed by atoms with Crippen LogP contribution >= 0.6 is 11.3 Å². The summed E-state index contributed by atoms with van der Waals surface area (Å²) in [7, 11) is 0. The molecule has 0 fully saturated rings. The number of carbonyl (C=O) groups excluding carboxylic acids is 1. The Balaban J connectivity index is 1.59. The minimum atomic E-state index is -0.140. The van der Waals surface area contributed by atoms with Crippen molar-refractivity contribution in [1.29, 1.82) is 0 Å². The van der Waals surface area contributed by atoms with Crippen molar-refractivity contribution in [3.63, 3.8) is 0 Å². The average Bonchev–Trinajstić information content (AvgIpc) is 3.25. The van der Waals surface area contributed by atoms with E-state index < -0.39 is 0 Å². The molecule has 0 spiro atoms. The fraction of sp³-hybridized carbons (Fsp3) is 0.222. The van der Waals surface area contributed by atoms with Crippen molar-refractivity contribution in [2.45, 2.75) is 32.7 Å². The minimum Gasteiger partial charge on any atom is -0.482 e. The quantitative estimate of drug-likeness (QED) is 0.402. The van der Waals surface area contributed by atoms with Gasteiger partial charge in [0.15, 0.2) is 11.4 Å². The van der Waals surface area contributed by atoms with Gasteiger partial charge in [0.1, 0.15) is 5.75 Å². The minimum absolute atomic E-state index is 0.0488. The molecule has 7 heteroatoms. The van der Waals surface area contributed by atoms with Gasteiger partial charge in [-0.1, -0.05) is 38.1 Å². The fourth-order valence-corrected chi connectivity index (χ4v) is 5.01. The van der Waals surface area contributed by atoms with Gasteiger partial charge in [-0.25, -0.2) is 4.99 Å². The SMILES string of the molecule is CC(C)c1ccccc1N=c1scc(-c2ccc3c(c2)NC(=O)CO3)n1CCc1ccccn1. The highest BCUT2D eigenvalue weighted by atomic mass is 32.1. The molecule has 1 N–H and O–H groups in total. The van der Waals surface area contributed by atoms with Gasteiger partial charge in [-0.15, -0.1) is 11.3 Å². The molecule has 2 aromatic carbocycles. The second-order valence-corrected chi connectivity index (χ2v) is 9.34. The number of benzene rings is 2. The van der Waals surface area contributed by atoms with Crippen LogP contribution in [0.25, 0.3) is 11.3 Å². The maximum Gasteiger partial charge on any atom is 0.262 e. The van der Waals surface area contributed by atoms with Gasteiger partial charge in [0.25, 0.3) is 5.91 Å². The zero-order valence-electron chi connectivity index (χ0n) is 19.2. The monoisotopic (exact) mass is 470 g/mol. The molecule has 1 aliphatic rings. The number of para-hydroxylation sites is 1. The summed E-state index contributed by atoms with van der Waals surface area (Å²) in [6, 6.07) is 20.2. The largest absolute Gasteiger partial charge is 0.482 e. The molecule has 0 saturated heterocycles. The second-order valence-electron chi connectivity index (χ2n) is 8.50. The zero-order valence-corrected chi connectivity index (χ0v) is 20.0. The number of rotatable bonds is 6. The summed E-state index contributed by atoms with van der Waals surface area (Å²) < 4.78 is 7.78. The Bertz CT molecular complexity index is 1390. The van der Waals surface area contributed by atoms with E-state index in [4.69, 9.17) is 9.73 Å². The highest BCUT2D eigenvalue weighted by Crippen LogP contribution is 2.33. The molecule has 0 saturated carbocycles. The van der Waals surface area contributed by atoms with E-state index in [2.05, 4.69) is 52.3 Å². The summed E-state index contributed by atoms with van der Waals surface area (Å²) in [6.07, 6.45) is 2.61. The Labute approximate surface area is 202 Å². The number of amides is 1. The maximum atomic E-state index is 11.8. The molecule has 5 rings (SSSR count). The van der Waals surface area contributed by atoms with Gasteiger partial charge in [-0.05, 0) is 47.9 Å². The van der Waals surface area contributed by atoms with Crippen LogP contribution < -0.4 is 14.9 Å². The van der Waals surface area contributed by atoms with Gasteiger partial charge < -0.3 is 14.6 Å². The van der Waals surface area contributed by atoms with Crippen LogP contribution in [-0.4, -0.2) is 22.1 Å². The highest BCUT2D eigenvalue weighted by molar-refractivity contribution is 7.07. The molecule has 172 valence electrons. The lowest BCUT2D eigenvalue weighted by molar-refractivity contribution is -0.118. The Morgan fingerprint density at radius 3 is 2.82 bits per heavy atom. The first-order valence-electron chi connectivity index (χ1n) is 11.4. The first-order chi connectivity index (χ1) is 16.6. The van der Waals surface area contributed by atoms with Crippen molar-refractivity contribution in [2.75, 3.05) is 11.9 Å². The number of hydrogen-bond acceptors (Lipinski definition) is 5. The number of anilines is 1. The van der Waals surface area contributed by atoms with Crippen molar-refractivity contribution >= 4 is 28.6 Å². The Hall–Kier alpha value is -3.71. The number of thiazole rings is 1. The standard InChI is InChI=1S/C27H26N4O2S/c1-18(2)21-8-3-4-9-22(21)30-27-31(14-12-20-7-5-6-13-28-20)24(17-34-27)19-10-11-25-23(15-19)29-26(32)16-33-25/h3-11,13,15,17-18H,12,14,16H2,1-2H3,(H,29,32). The van der Waals surface area contributed by atoms with E-state index >= 15 is 0 Å². The fourth-order valence-electron chi connectivity index (χ4n) is 4.06. The van der Waals surface area contributed by atoms with Crippen LogP contribution in [0, 0.1) is 0 Å². The number of carbonyl (C=O) groups is 1. The molecular formula is C27H26N4O2S. The van der Waals surface area contributed by atoms with Crippen molar-refractivity contribution in [2.24, 2.45) is 4.99 Å². The average molecular weight is 471 g/mol. The summed E-state index contributed by atoms with van der Waals surface area (Å²) in [5.41, 5.74) is 5.99. The summed E-state index contributed by atoms with van der Waals surface area (Å²) in [5, 5.41) is 5.04. The van der Waals surface area contributed by atoms with Gasteiger partial charge in [0.05, 0.1) is 17.1 Å². The molecular weight excluding hydrogens is 444 g/mol. The first kappa shape index (κ1) is 22.1. The number of ether oxygens (including phenoxy) is 1. The van der Waals surface area contributed by atoms with E-state index in [1.54, 1.807) is 11.3 Å². The number of fused-ring (bicyclic) bond motifs is 1. The predicted molar refractivity (Wildman–Crippen MR) is 136 cm³/mol. The number of nitrogens with one attached hydrogen (secondary N) is 1. The van der Waals surface area contributed by atoms with Crippen molar-refractivity contribution in [3.05, 3.63) is 88.3 Å². The topological polar surface area (TPSA) is 68.5 Å². The number of aromatic nitrogens is 2. The summed E-state index contributed by atoms with van der Waals surface area (Å²) in [6.45, 7) is 5.16. The molecule has 0 aliphatic carbocycles. The van der Waals surface area contributed by atoms with Crippen LogP contribution in [0.3, 0.4) is 0 Å². The van der Waals surface area contributed by atoms with Gasteiger partial charge in [-0.2, -0.15) is 0 Å². The summed E-state index contributed by atoms with van der Waals surface area (Å²) >= 11 is 1.62. The van der Waals surface area contributed by atoms with Crippen LogP contribution in [0.15, 0.2) is 77.2 Å².